The van der Waals surface area contributed by atoms with Crippen LogP contribution in [0.1, 0.15) is 32.6 Å². The van der Waals surface area contributed by atoms with Gasteiger partial charge < -0.3 is 20.0 Å². The Bertz CT molecular complexity index is 210. The van der Waals surface area contributed by atoms with Crippen LogP contribution in [0.15, 0.2) is 0 Å². The van der Waals surface area contributed by atoms with Crippen LogP contribution in [0, 0.1) is 5.92 Å². The summed E-state index contributed by atoms with van der Waals surface area (Å²) >= 11 is 0. The van der Waals surface area contributed by atoms with E-state index in [0.29, 0.717) is 0 Å². The van der Waals surface area contributed by atoms with Crippen molar-refractivity contribution >= 4 is 0 Å². The molecule has 106 valence electrons. The molecular formula is C14H28N2O2. The maximum atomic E-state index is 10.1. The summed E-state index contributed by atoms with van der Waals surface area (Å²) < 4.78 is 0. The van der Waals surface area contributed by atoms with Gasteiger partial charge in [0, 0.05) is 26.2 Å². The fraction of sp³-hybridized carbons (Fsp3) is 1.00. The number of aliphatic hydroxyl groups excluding tert-OH is 2. The van der Waals surface area contributed by atoms with Gasteiger partial charge in [-0.2, -0.15) is 0 Å². The Hall–Kier alpha value is -0.160. The van der Waals surface area contributed by atoms with Crippen LogP contribution in [-0.4, -0.2) is 71.5 Å². The third-order valence-corrected chi connectivity index (χ3v) is 4.37. The highest BCUT2D eigenvalue weighted by Gasteiger charge is 2.22. The Kier molecular flexibility index (Phi) is 5.42. The summed E-state index contributed by atoms with van der Waals surface area (Å²) in [5.41, 5.74) is 0. The smallest absolute Gasteiger partial charge is 0.0793 e. The predicted molar refractivity (Wildman–Crippen MR) is 72.5 cm³/mol. The first-order chi connectivity index (χ1) is 8.63. The van der Waals surface area contributed by atoms with Gasteiger partial charge in [0.05, 0.1) is 12.2 Å². The van der Waals surface area contributed by atoms with Crippen molar-refractivity contribution in [2.75, 3.05) is 39.3 Å². The van der Waals surface area contributed by atoms with Crippen molar-refractivity contribution < 1.29 is 10.2 Å². The maximum absolute atomic E-state index is 10.1. The first kappa shape index (κ1) is 14.3. The summed E-state index contributed by atoms with van der Waals surface area (Å²) in [4.78, 5) is 4.67. The lowest BCUT2D eigenvalue weighted by atomic mass is 9.99. The van der Waals surface area contributed by atoms with Gasteiger partial charge in [0.1, 0.15) is 0 Å². The topological polar surface area (TPSA) is 46.9 Å². The van der Waals surface area contributed by atoms with Crippen molar-refractivity contribution in [3.8, 4) is 0 Å². The monoisotopic (exact) mass is 256 g/mol. The molecule has 0 saturated carbocycles. The maximum Gasteiger partial charge on any atom is 0.0793 e. The Morgan fingerprint density at radius 2 is 1.39 bits per heavy atom. The van der Waals surface area contributed by atoms with Crippen molar-refractivity contribution in [2.24, 2.45) is 5.92 Å². The molecule has 2 fully saturated rings. The Morgan fingerprint density at radius 1 is 0.944 bits per heavy atom. The molecule has 0 aromatic rings. The minimum atomic E-state index is -0.242. The Labute approximate surface area is 111 Å². The number of nitrogens with zero attached hydrogens (tertiary/aromatic N) is 2. The lowest BCUT2D eigenvalue weighted by Crippen LogP contribution is -2.45. The average Bonchev–Trinajstić information content (AvgIpc) is 2.35. The van der Waals surface area contributed by atoms with E-state index in [9.17, 15) is 10.2 Å². The van der Waals surface area contributed by atoms with Gasteiger partial charge >= 0.3 is 0 Å². The molecule has 0 aromatic heterocycles. The number of β-amino-alcohol motifs (C(OH)–C–C–N with tert-alkyl or cyclic N) is 1. The van der Waals surface area contributed by atoms with Gasteiger partial charge in [-0.05, 0) is 44.7 Å². The molecule has 0 amide bonds. The minimum Gasteiger partial charge on any atom is -0.393 e. The van der Waals surface area contributed by atoms with Crippen molar-refractivity contribution in [2.45, 2.75) is 44.8 Å². The molecule has 0 spiro atoms. The Balaban J connectivity index is 1.64. The van der Waals surface area contributed by atoms with Gasteiger partial charge in [-0.3, -0.25) is 0 Å². The highest BCUT2D eigenvalue weighted by atomic mass is 16.3. The van der Waals surface area contributed by atoms with Crippen LogP contribution < -0.4 is 0 Å². The fourth-order valence-electron chi connectivity index (χ4n) is 3.00. The highest BCUT2D eigenvalue weighted by Crippen LogP contribution is 2.16. The number of hydrogen-bond acceptors (Lipinski definition) is 4. The molecule has 1 atom stereocenters. The van der Waals surface area contributed by atoms with E-state index >= 15 is 0 Å². The zero-order chi connectivity index (χ0) is 13.0. The summed E-state index contributed by atoms with van der Waals surface area (Å²) in [6.07, 6.45) is 3.88. The average molecular weight is 256 g/mol. The molecule has 2 aliphatic rings. The van der Waals surface area contributed by atoms with Gasteiger partial charge in [0.15, 0.2) is 0 Å². The summed E-state index contributed by atoms with van der Waals surface area (Å²) in [5.74, 6) is 0.849. The standard InChI is InChI=1S/C14H28N2O2/c1-12-2-6-15(7-3-12)10-14(18)11-16-8-4-13(17)5-9-16/h12-14,17-18H,2-11H2,1H3. The molecule has 2 saturated heterocycles. The first-order valence-corrected chi connectivity index (χ1v) is 7.44. The van der Waals surface area contributed by atoms with Crippen LogP contribution in [0.5, 0.6) is 0 Å². The molecule has 2 aliphatic heterocycles. The Morgan fingerprint density at radius 3 is 1.89 bits per heavy atom. The highest BCUT2D eigenvalue weighted by molar-refractivity contribution is 4.77. The molecule has 0 aromatic carbocycles. The number of likely N-dealkylation sites (tertiary alicyclic amines) is 2. The van der Waals surface area contributed by atoms with Crippen LogP contribution in [-0.2, 0) is 0 Å². The van der Waals surface area contributed by atoms with Crippen molar-refractivity contribution in [1.29, 1.82) is 0 Å². The van der Waals surface area contributed by atoms with Gasteiger partial charge in [-0.25, -0.2) is 0 Å². The number of rotatable bonds is 4. The third-order valence-electron chi connectivity index (χ3n) is 4.37. The molecule has 2 rings (SSSR count). The molecule has 2 heterocycles. The van der Waals surface area contributed by atoms with E-state index in [4.69, 9.17) is 0 Å². The largest absolute Gasteiger partial charge is 0.393 e. The van der Waals surface area contributed by atoms with Crippen LogP contribution in [0.3, 0.4) is 0 Å². The van der Waals surface area contributed by atoms with E-state index in [1.54, 1.807) is 0 Å². The molecular weight excluding hydrogens is 228 g/mol. The first-order valence-electron chi connectivity index (χ1n) is 7.44. The number of piperidine rings is 2. The quantitative estimate of drug-likeness (QED) is 0.770. The third kappa shape index (κ3) is 4.50. The normalized spacial score (nSPS) is 27.5. The van der Waals surface area contributed by atoms with E-state index < -0.39 is 0 Å². The molecule has 18 heavy (non-hydrogen) atoms. The van der Waals surface area contributed by atoms with E-state index in [0.717, 1.165) is 58.0 Å². The number of hydrogen-bond donors (Lipinski definition) is 2. The molecule has 4 heteroatoms. The molecule has 0 radical (unpaired) electrons. The summed E-state index contributed by atoms with van der Waals surface area (Å²) in [5, 5.41) is 19.6. The molecule has 0 aliphatic carbocycles. The van der Waals surface area contributed by atoms with Gasteiger partial charge in [-0.15, -0.1) is 0 Å². The second-order valence-electron chi connectivity index (χ2n) is 6.17. The SMILES string of the molecule is CC1CCN(CC(O)CN2CCC(O)CC2)CC1. The fourth-order valence-corrected chi connectivity index (χ4v) is 3.00. The molecule has 2 N–H and O–H groups in total. The van der Waals surface area contributed by atoms with E-state index in [1.807, 2.05) is 0 Å². The second-order valence-corrected chi connectivity index (χ2v) is 6.17. The van der Waals surface area contributed by atoms with Crippen molar-refractivity contribution in [3.63, 3.8) is 0 Å². The van der Waals surface area contributed by atoms with Crippen molar-refractivity contribution in [1.82, 2.24) is 9.80 Å². The van der Waals surface area contributed by atoms with Gasteiger partial charge in [-0.1, -0.05) is 6.92 Å². The molecule has 4 nitrogen and oxygen atoms in total. The second kappa shape index (κ2) is 6.85. The number of aliphatic hydroxyl groups is 2. The van der Waals surface area contributed by atoms with Crippen molar-refractivity contribution in [3.05, 3.63) is 0 Å². The summed E-state index contributed by atoms with van der Waals surface area (Å²) in [7, 11) is 0. The van der Waals surface area contributed by atoms with Crippen LogP contribution >= 0.6 is 0 Å². The zero-order valence-corrected chi connectivity index (χ0v) is 11.6. The molecule has 1 unspecified atom stereocenters. The zero-order valence-electron chi connectivity index (χ0n) is 11.6. The van der Waals surface area contributed by atoms with Crippen LogP contribution in [0.25, 0.3) is 0 Å². The van der Waals surface area contributed by atoms with Gasteiger partial charge in [0.2, 0.25) is 0 Å². The summed E-state index contributed by atoms with van der Waals surface area (Å²) in [6.45, 7) is 8.01. The van der Waals surface area contributed by atoms with Crippen LogP contribution in [0.2, 0.25) is 0 Å². The van der Waals surface area contributed by atoms with E-state index in [2.05, 4.69) is 16.7 Å². The van der Waals surface area contributed by atoms with E-state index in [-0.39, 0.29) is 12.2 Å². The lowest BCUT2D eigenvalue weighted by molar-refractivity contribution is 0.0319. The molecule has 0 bridgehead atoms. The van der Waals surface area contributed by atoms with Crippen LogP contribution in [0.4, 0.5) is 0 Å². The van der Waals surface area contributed by atoms with E-state index in [1.165, 1.54) is 12.8 Å². The summed E-state index contributed by atoms with van der Waals surface area (Å²) in [6, 6.07) is 0. The lowest BCUT2D eigenvalue weighted by Gasteiger charge is -2.34. The predicted octanol–water partition coefficient (Wildman–Crippen LogP) is 0.536. The van der Waals surface area contributed by atoms with Gasteiger partial charge in [0.25, 0.3) is 0 Å². The minimum absolute atomic E-state index is 0.123.